The van der Waals surface area contributed by atoms with E-state index >= 15 is 0 Å². The summed E-state index contributed by atoms with van der Waals surface area (Å²) in [6.07, 6.45) is 0. The lowest BCUT2D eigenvalue weighted by molar-refractivity contribution is 0.334. The Morgan fingerprint density at radius 1 is 1.12 bits per heavy atom. The van der Waals surface area contributed by atoms with Crippen molar-refractivity contribution in [1.82, 2.24) is 9.97 Å². The van der Waals surface area contributed by atoms with E-state index in [1.165, 1.54) is 0 Å². The molecule has 0 unspecified atom stereocenters. The number of hydrogen-bond acceptors (Lipinski definition) is 4. The Labute approximate surface area is 152 Å². The minimum Gasteiger partial charge on any atom is -0.406 e. The number of rotatable bonds is 4. The second-order valence-electron chi connectivity index (χ2n) is 7.56. The molecule has 1 aromatic carbocycles. The molecule has 0 aliphatic rings. The molecule has 1 N–H and O–H groups in total. The number of nitrogens with one attached hydrogen (secondary N) is 1. The van der Waals surface area contributed by atoms with E-state index in [0.717, 1.165) is 11.4 Å². The Bertz CT molecular complexity index is 771. The summed E-state index contributed by atoms with van der Waals surface area (Å²) >= 11 is 0. The molecule has 0 aliphatic carbocycles. The van der Waals surface area contributed by atoms with E-state index in [2.05, 4.69) is 61.0 Å². The van der Waals surface area contributed by atoms with Crippen LogP contribution in [0.1, 0.15) is 32.2 Å². The standard InChI is InChI=1S/C20H27N3OSi/c1-16-15-18(13-10-14-24-25(5,6)20(2,3)4)23-19(21-16)22-17-11-8-7-9-12-17/h7-9,11-12,15H,14H2,1-6H3,(H,21,22,23). The summed E-state index contributed by atoms with van der Waals surface area (Å²) in [6, 6.07) is 11.7. The van der Waals surface area contributed by atoms with Gasteiger partial charge in [-0.1, -0.05) is 44.9 Å². The molecule has 5 heteroatoms. The van der Waals surface area contributed by atoms with Crippen LogP contribution in [0.25, 0.3) is 0 Å². The summed E-state index contributed by atoms with van der Waals surface area (Å²) in [6.45, 7) is 13.5. The van der Waals surface area contributed by atoms with Gasteiger partial charge in [0.1, 0.15) is 5.69 Å². The first-order valence-electron chi connectivity index (χ1n) is 8.48. The summed E-state index contributed by atoms with van der Waals surface area (Å²) in [5.41, 5.74) is 2.53. The Kier molecular flexibility index (Phi) is 5.99. The first kappa shape index (κ1) is 19.2. The van der Waals surface area contributed by atoms with Gasteiger partial charge in [-0.15, -0.1) is 0 Å². The van der Waals surface area contributed by atoms with Gasteiger partial charge in [-0.3, -0.25) is 0 Å². The highest BCUT2D eigenvalue weighted by molar-refractivity contribution is 6.74. The number of para-hydroxylation sites is 1. The van der Waals surface area contributed by atoms with Crippen LogP contribution in [0, 0.1) is 18.8 Å². The predicted molar refractivity (Wildman–Crippen MR) is 107 cm³/mol. The predicted octanol–water partition coefficient (Wildman–Crippen LogP) is 4.90. The van der Waals surface area contributed by atoms with E-state index in [-0.39, 0.29) is 5.04 Å². The smallest absolute Gasteiger partial charge is 0.228 e. The van der Waals surface area contributed by atoms with E-state index in [4.69, 9.17) is 4.43 Å². The average molecular weight is 354 g/mol. The van der Waals surface area contributed by atoms with Crippen LogP contribution in [0.4, 0.5) is 11.6 Å². The van der Waals surface area contributed by atoms with Gasteiger partial charge in [-0.05, 0) is 49.2 Å². The molecule has 0 aliphatic heterocycles. The summed E-state index contributed by atoms with van der Waals surface area (Å²) in [5.74, 6) is 6.74. The molecule has 2 aromatic rings. The molecule has 0 spiro atoms. The fourth-order valence-electron chi connectivity index (χ4n) is 1.90. The largest absolute Gasteiger partial charge is 0.406 e. The lowest BCUT2D eigenvalue weighted by atomic mass is 10.2. The molecule has 0 fully saturated rings. The molecular weight excluding hydrogens is 326 g/mol. The van der Waals surface area contributed by atoms with Crippen LogP contribution in [-0.4, -0.2) is 24.9 Å². The topological polar surface area (TPSA) is 47.0 Å². The molecule has 25 heavy (non-hydrogen) atoms. The second kappa shape index (κ2) is 7.81. The quantitative estimate of drug-likeness (QED) is 0.627. The Morgan fingerprint density at radius 2 is 1.80 bits per heavy atom. The molecule has 1 aromatic heterocycles. The molecule has 1 heterocycles. The van der Waals surface area contributed by atoms with Crippen LogP contribution >= 0.6 is 0 Å². The van der Waals surface area contributed by atoms with Crippen molar-refractivity contribution in [3.8, 4) is 11.8 Å². The maximum absolute atomic E-state index is 6.08. The first-order chi connectivity index (χ1) is 11.7. The van der Waals surface area contributed by atoms with Crippen molar-refractivity contribution in [2.24, 2.45) is 0 Å². The van der Waals surface area contributed by atoms with Gasteiger partial charge in [0, 0.05) is 11.4 Å². The number of anilines is 2. The van der Waals surface area contributed by atoms with Gasteiger partial charge < -0.3 is 9.74 Å². The maximum Gasteiger partial charge on any atom is 0.228 e. The minimum absolute atomic E-state index is 0.187. The number of nitrogens with zero attached hydrogens (tertiary/aromatic N) is 2. The number of hydrogen-bond donors (Lipinski definition) is 1. The summed E-state index contributed by atoms with van der Waals surface area (Å²) < 4.78 is 6.08. The zero-order valence-electron chi connectivity index (χ0n) is 16.0. The monoisotopic (exact) mass is 353 g/mol. The lowest BCUT2D eigenvalue weighted by Gasteiger charge is -2.35. The second-order valence-corrected chi connectivity index (χ2v) is 12.4. The van der Waals surface area contributed by atoms with Crippen molar-refractivity contribution < 1.29 is 4.43 Å². The zero-order chi connectivity index (χ0) is 18.5. The van der Waals surface area contributed by atoms with E-state index < -0.39 is 8.32 Å². The van der Waals surface area contributed by atoms with E-state index in [9.17, 15) is 0 Å². The van der Waals surface area contributed by atoms with Gasteiger partial charge >= 0.3 is 0 Å². The zero-order valence-corrected chi connectivity index (χ0v) is 17.0. The lowest BCUT2D eigenvalue weighted by Crippen LogP contribution is -2.40. The normalized spacial score (nSPS) is 11.6. The van der Waals surface area contributed by atoms with Gasteiger partial charge in [0.25, 0.3) is 0 Å². The molecule has 4 nitrogen and oxygen atoms in total. The van der Waals surface area contributed by atoms with Crippen LogP contribution in [0.3, 0.4) is 0 Å². The van der Waals surface area contributed by atoms with E-state index in [1.807, 2.05) is 43.3 Å². The van der Waals surface area contributed by atoms with Crippen molar-refractivity contribution in [2.45, 2.75) is 45.8 Å². The van der Waals surface area contributed by atoms with Crippen molar-refractivity contribution in [1.29, 1.82) is 0 Å². The molecule has 132 valence electrons. The molecule has 0 bridgehead atoms. The van der Waals surface area contributed by atoms with E-state index in [1.54, 1.807) is 0 Å². The number of aryl methyl sites for hydroxylation is 1. The minimum atomic E-state index is -1.76. The Balaban J connectivity index is 2.06. The molecule has 0 saturated heterocycles. The van der Waals surface area contributed by atoms with Crippen LogP contribution in [0.5, 0.6) is 0 Å². The van der Waals surface area contributed by atoms with Crippen molar-refractivity contribution in [3.63, 3.8) is 0 Å². The van der Waals surface area contributed by atoms with Crippen LogP contribution in [0.2, 0.25) is 18.1 Å². The van der Waals surface area contributed by atoms with Crippen molar-refractivity contribution in [3.05, 3.63) is 47.8 Å². The van der Waals surface area contributed by atoms with Gasteiger partial charge in [-0.25, -0.2) is 9.97 Å². The Morgan fingerprint density at radius 3 is 2.44 bits per heavy atom. The van der Waals surface area contributed by atoms with E-state index in [0.29, 0.717) is 18.2 Å². The molecule has 0 atom stereocenters. The molecule has 0 saturated carbocycles. The average Bonchev–Trinajstić information content (AvgIpc) is 2.51. The van der Waals surface area contributed by atoms with Gasteiger partial charge in [-0.2, -0.15) is 0 Å². The Hall–Kier alpha value is -2.16. The van der Waals surface area contributed by atoms with Gasteiger partial charge in [0.2, 0.25) is 5.95 Å². The number of aromatic nitrogens is 2. The SMILES string of the molecule is Cc1cc(C#CCO[Si](C)(C)C(C)(C)C)nc(Nc2ccccc2)n1. The maximum atomic E-state index is 6.08. The third kappa shape index (κ3) is 5.70. The molecule has 0 radical (unpaired) electrons. The van der Waals surface area contributed by atoms with Gasteiger partial charge in [0.15, 0.2) is 8.32 Å². The molecular formula is C20H27N3OSi. The highest BCUT2D eigenvalue weighted by Crippen LogP contribution is 2.36. The summed E-state index contributed by atoms with van der Waals surface area (Å²) in [4.78, 5) is 8.89. The fraction of sp³-hybridized carbons (Fsp3) is 0.400. The third-order valence-corrected chi connectivity index (χ3v) is 8.89. The molecule has 0 amide bonds. The van der Waals surface area contributed by atoms with Gasteiger partial charge in [0.05, 0.1) is 6.61 Å². The van der Waals surface area contributed by atoms with Crippen molar-refractivity contribution in [2.75, 3.05) is 11.9 Å². The highest BCUT2D eigenvalue weighted by Gasteiger charge is 2.36. The van der Waals surface area contributed by atoms with Crippen LogP contribution in [-0.2, 0) is 4.43 Å². The summed E-state index contributed by atoms with van der Waals surface area (Å²) in [7, 11) is -1.76. The first-order valence-corrected chi connectivity index (χ1v) is 11.4. The third-order valence-electron chi connectivity index (χ3n) is 4.41. The van der Waals surface area contributed by atoms with Crippen LogP contribution < -0.4 is 5.32 Å². The highest BCUT2D eigenvalue weighted by atomic mass is 28.4. The fourth-order valence-corrected chi connectivity index (χ4v) is 2.76. The summed E-state index contributed by atoms with van der Waals surface area (Å²) in [5, 5.41) is 3.39. The van der Waals surface area contributed by atoms with Crippen molar-refractivity contribution >= 4 is 20.0 Å². The molecule has 2 rings (SSSR count). The number of benzene rings is 1. The van der Waals surface area contributed by atoms with Crippen LogP contribution in [0.15, 0.2) is 36.4 Å².